The number of hydrogen-bond acceptors (Lipinski definition) is 3. The summed E-state index contributed by atoms with van der Waals surface area (Å²) >= 11 is 5.61. The molecule has 5 nitrogen and oxygen atoms in total. The molecule has 2 saturated heterocycles. The Morgan fingerprint density at radius 2 is 2.17 bits per heavy atom. The van der Waals surface area contributed by atoms with Crippen LogP contribution >= 0.6 is 11.6 Å². The second kappa shape index (κ2) is 6.25. The average Bonchev–Trinajstić information content (AvgIpc) is 3.06. The Morgan fingerprint density at radius 1 is 1.42 bits per heavy atom. The molecule has 0 spiro atoms. The van der Waals surface area contributed by atoms with Crippen molar-refractivity contribution in [3.05, 3.63) is 29.0 Å². The third kappa shape index (κ3) is 3.34. The summed E-state index contributed by atoms with van der Waals surface area (Å²) in [7, 11) is 0. The predicted octanol–water partition coefficient (Wildman–Crippen LogP) is 1.70. The molecule has 0 radical (unpaired) electrons. The van der Waals surface area contributed by atoms with E-state index in [0.717, 1.165) is 6.07 Å². The Labute approximate surface area is 141 Å². The quantitative estimate of drug-likeness (QED) is 0.861. The molecule has 2 atom stereocenters. The van der Waals surface area contributed by atoms with Crippen molar-refractivity contribution in [2.45, 2.75) is 30.8 Å². The number of nitrogens with one attached hydrogen (secondary N) is 2. The van der Waals surface area contributed by atoms with Gasteiger partial charge in [-0.3, -0.25) is 14.9 Å². The van der Waals surface area contributed by atoms with Crippen LogP contribution in [-0.4, -0.2) is 42.9 Å². The SMILES string of the molecule is O=C(NC1CCN(c2ccc(Cl)c(F)c2)C1=O)C1CC(F)(F)CN1. The predicted molar refractivity (Wildman–Crippen MR) is 81.7 cm³/mol. The Bertz CT molecular complexity index is 686. The Hall–Kier alpha value is -1.80. The fourth-order valence-corrected chi connectivity index (χ4v) is 3.01. The zero-order chi connectivity index (χ0) is 17.5. The van der Waals surface area contributed by atoms with Crippen molar-refractivity contribution in [1.29, 1.82) is 0 Å². The van der Waals surface area contributed by atoms with Crippen LogP contribution in [0.4, 0.5) is 18.9 Å². The van der Waals surface area contributed by atoms with Gasteiger partial charge in [-0.25, -0.2) is 13.2 Å². The van der Waals surface area contributed by atoms with Crippen molar-refractivity contribution in [1.82, 2.24) is 10.6 Å². The van der Waals surface area contributed by atoms with Gasteiger partial charge in [0.25, 0.3) is 5.92 Å². The first kappa shape index (κ1) is 17.0. The highest BCUT2D eigenvalue weighted by molar-refractivity contribution is 6.30. The zero-order valence-corrected chi connectivity index (χ0v) is 13.2. The molecule has 24 heavy (non-hydrogen) atoms. The molecule has 9 heteroatoms. The van der Waals surface area contributed by atoms with Gasteiger partial charge in [0.2, 0.25) is 11.8 Å². The molecule has 2 unspecified atom stereocenters. The van der Waals surface area contributed by atoms with Gasteiger partial charge in [0.05, 0.1) is 17.6 Å². The number of amides is 2. The van der Waals surface area contributed by atoms with Crippen LogP contribution in [0, 0.1) is 5.82 Å². The lowest BCUT2D eigenvalue weighted by Gasteiger charge is -2.18. The summed E-state index contributed by atoms with van der Waals surface area (Å²) in [6.07, 6.45) is -0.274. The fourth-order valence-electron chi connectivity index (χ4n) is 2.90. The first-order valence-electron chi connectivity index (χ1n) is 7.45. The van der Waals surface area contributed by atoms with Crippen molar-refractivity contribution in [2.24, 2.45) is 0 Å². The number of alkyl halides is 2. The van der Waals surface area contributed by atoms with Gasteiger partial charge in [0.15, 0.2) is 0 Å². The number of hydrogen-bond donors (Lipinski definition) is 2. The molecule has 2 fully saturated rings. The van der Waals surface area contributed by atoms with Crippen LogP contribution in [0.25, 0.3) is 0 Å². The smallest absolute Gasteiger partial charge is 0.262 e. The molecular weight excluding hydrogens is 347 g/mol. The maximum atomic E-state index is 13.5. The highest BCUT2D eigenvalue weighted by Crippen LogP contribution is 2.27. The van der Waals surface area contributed by atoms with Gasteiger partial charge >= 0.3 is 0 Å². The number of anilines is 1. The minimum atomic E-state index is -2.92. The van der Waals surface area contributed by atoms with Gasteiger partial charge in [0.1, 0.15) is 11.9 Å². The monoisotopic (exact) mass is 361 g/mol. The highest BCUT2D eigenvalue weighted by atomic mass is 35.5. The molecule has 1 aromatic carbocycles. The Kier molecular flexibility index (Phi) is 4.44. The van der Waals surface area contributed by atoms with Crippen LogP contribution in [0.3, 0.4) is 0 Å². The maximum Gasteiger partial charge on any atom is 0.262 e. The second-order valence-electron chi connectivity index (χ2n) is 5.93. The fraction of sp³-hybridized carbons (Fsp3) is 0.467. The Balaban J connectivity index is 1.64. The maximum absolute atomic E-state index is 13.5. The molecule has 0 aliphatic carbocycles. The van der Waals surface area contributed by atoms with Crippen molar-refractivity contribution in [3.8, 4) is 0 Å². The largest absolute Gasteiger partial charge is 0.343 e. The van der Waals surface area contributed by atoms with Crippen molar-refractivity contribution in [3.63, 3.8) is 0 Å². The van der Waals surface area contributed by atoms with E-state index in [9.17, 15) is 22.8 Å². The van der Waals surface area contributed by atoms with E-state index in [1.165, 1.54) is 17.0 Å². The normalized spacial score (nSPS) is 26.0. The molecular formula is C15H15ClF3N3O2. The van der Waals surface area contributed by atoms with Crippen molar-refractivity contribution in [2.75, 3.05) is 18.0 Å². The summed E-state index contributed by atoms with van der Waals surface area (Å²) in [4.78, 5) is 25.7. The number of rotatable bonds is 3. The lowest BCUT2D eigenvalue weighted by atomic mass is 10.1. The average molecular weight is 362 g/mol. The number of nitrogens with zero attached hydrogens (tertiary/aromatic N) is 1. The molecule has 3 rings (SSSR count). The summed E-state index contributed by atoms with van der Waals surface area (Å²) < 4.78 is 39.8. The van der Waals surface area contributed by atoms with E-state index in [2.05, 4.69) is 10.6 Å². The number of benzene rings is 1. The molecule has 2 heterocycles. The third-order valence-electron chi connectivity index (χ3n) is 4.16. The van der Waals surface area contributed by atoms with Gasteiger partial charge in [-0.1, -0.05) is 11.6 Å². The van der Waals surface area contributed by atoms with E-state index in [1.807, 2.05) is 0 Å². The summed E-state index contributed by atoms with van der Waals surface area (Å²) in [5.41, 5.74) is 0.337. The molecule has 2 aliphatic heterocycles. The summed E-state index contributed by atoms with van der Waals surface area (Å²) in [6.45, 7) is -0.265. The molecule has 2 aliphatic rings. The van der Waals surface area contributed by atoms with Gasteiger partial charge in [0, 0.05) is 18.7 Å². The molecule has 2 N–H and O–H groups in total. The first-order valence-corrected chi connectivity index (χ1v) is 7.83. The number of carbonyl (C=O) groups excluding carboxylic acids is 2. The lowest BCUT2D eigenvalue weighted by Crippen LogP contribution is -2.48. The van der Waals surface area contributed by atoms with Gasteiger partial charge < -0.3 is 10.2 Å². The van der Waals surface area contributed by atoms with E-state index in [1.54, 1.807) is 0 Å². The molecule has 0 bridgehead atoms. The van der Waals surface area contributed by atoms with Crippen LogP contribution in [-0.2, 0) is 9.59 Å². The van der Waals surface area contributed by atoms with Gasteiger partial charge in [-0.15, -0.1) is 0 Å². The minimum Gasteiger partial charge on any atom is -0.343 e. The van der Waals surface area contributed by atoms with Crippen LogP contribution in [0.15, 0.2) is 18.2 Å². The third-order valence-corrected chi connectivity index (χ3v) is 4.47. The number of halogens is 4. The van der Waals surface area contributed by atoms with Crippen molar-refractivity contribution < 1.29 is 22.8 Å². The van der Waals surface area contributed by atoms with Crippen molar-refractivity contribution >= 4 is 29.1 Å². The summed E-state index contributed by atoms with van der Waals surface area (Å²) in [6, 6.07) is 2.16. The molecule has 2 amide bonds. The lowest BCUT2D eigenvalue weighted by molar-refractivity contribution is -0.128. The van der Waals surface area contributed by atoms with Crippen LogP contribution in [0.5, 0.6) is 0 Å². The van der Waals surface area contributed by atoms with Crippen LogP contribution < -0.4 is 15.5 Å². The molecule has 0 saturated carbocycles. The summed E-state index contributed by atoms with van der Waals surface area (Å²) in [5, 5.41) is 4.88. The second-order valence-corrected chi connectivity index (χ2v) is 6.34. The summed E-state index contributed by atoms with van der Waals surface area (Å²) in [5.74, 6) is -4.61. The molecule has 0 aromatic heterocycles. The van der Waals surface area contributed by atoms with Crippen LogP contribution in [0.1, 0.15) is 12.8 Å². The highest BCUT2D eigenvalue weighted by Gasteiger charge is 2.43. The molecule has 130 valence electrons. The van der Waals surface area contributed by atoms with Crippen LogP contribution in [0.2, 0.25) is 5.02 Å². The van der Waals surface area contributed by atoms with E-state index in [-0.39, 0.29) is 5.02 Å². The minimum absolute atomic E-state index is 0.0523. The first-order chi connectivity index (χ1) is 11.3. The van der Waals surface area contributed by atoms with E-state index < -0.39 is 48.6 Å². The van der Waals surface area contributed by atoms with Gasteiger partial charge in [-0.05, 0) is 24.6 Å². The number of carbonyl (C=O) groups is 2. The van der Waals surface area contributed by atoms with E-state index >= 15 is 0 Å². The zero-order valence-electron chi connectivity index (χ0n) is 12.5. The molecule has 1 aromatic rings. The van der Waals surface area contributed by atoms with Gasteiger partial charge in [-0.2, -0.15) is 0 Å². The van der Waals surface area contributed by atoms with E-state index in [4.69, 9.17) is 11.6 Å². The Morgan fingerprint density at radius 3 is 2.79 bits per heavy atom. The van der Waals surface area contributed by atoms with E-state index in [0.29, 0.717) is 18.7 Å². The standard InChI is InChI=1S/C15H15ClF3N3O2/c16-9-2-1-8(5-10(9)17)22-4-3-11(14(22)24)21-13(23)12-6-15(18,19)7-20-12/h1-2,5,11-12,20H,3-4,6-7H2,(H,21,23). The topological polar surface area (TPSA) is 61.4 Å².